The number of aromatic nitrogens is 2. The van der Waals surface area contributed by atoms with Crippen LogP contribution in [0.15, 0.2) is 39.2 Å². The fourth-order valence-electron chi connectivity index (χ4n) is 2.36. The van der Waals surface area contributed by atoms with Gasteiger partial charge in [-0.1, -0.05) is 0 Å². The van der Waals surface area contributed by atoms with Crippen LogP contribution in [-0.4, -0.2) is 22.9 Å². The van der Waals surface area contributed by atoms with E-state index < -0.39 is 17.5 Å². The van der Waals surface area contributed by atoms with E-state index >= 15 is 0 Å². The quantitative estimate of drug-likeness (QED) is 0.592. The number of carbonyl (C=O) groups excluding carboxylic acids is 1. The number of amides is 1. The highest BCUT2D eigenvalue weighted by molar-refractivity contribution is 5.97. The Balaban J connectivity index is 1.70. The van der Waals surface area contributed by atoms with E-state index in [4.69, 9.17) is 8.83 Å². The maximum absolute atomic E-state index is 13.9. The Morgan fingerprint density at radius 3 is 2.40 bits per heavy atom. The average Bonchev–Trinajstić information content (AvgIpc) is 3.15. The van der Waals surface area contributed by atoms with Gasteiger partial charge in [-0.15, -0.1) is 0 Å². The highest BCUT2D eigenvalue weighted by Crippen LogP contribution is 2.26. The zero-order valence-corrected chi connectivity index (χ0v) is 12.8. The maximum Gasteiger partial charge on any atom is 0.303 e. The number of halogens is 2. The molecule has 0 saturated carbocycles. The second-order valence-electron chi connectivity index (χ2n) is 5.15. The molecule has 2 aromatic carbocycles. The maximum atomic E-state index is 13.9. The van der Waals surface area contributed by atoms with Crippen molar-refractivity contribution in [3.63, 3.8) is 0 Å². The molecule has 0 bridgehead atoms. The fraction of sp³-hybridized carbons (Fsp3) is 0.0625. The zero-order chi connectivity index (χ0) is 17.6. The summed E-state index contributed by atoms with van der Waals surface area (Å²) in [6.07, 6.45) is 0. The van der Waals surface area contributed by atoms with Crippen molar-refractivity contribution < 1.29 is 22.4 Å². The summed E-state index contributed by atoms with van der Waals surface area (Å²) in [4.78, 5) is 19.8. The topological polar surface area (TPSA) is 93.2 Å². The molecule has 0 aliphatic carbocycles. The number of oxazole rings is 2. The first-order valence-electron chi connectivity index (χ1n) is 7.19. The number of carbonyl (C=O) groups is 1. The Labute approximate surface area is 138 Å². The van der Waals surface area contributed by atoms with Crippen LogP contribution in [0.4, 0.5) is 20.8 Å². The molecular weight excluding hydrogens is 334 g/mol. The number of benzene rings is 2. The molecule has 0 fully saturated rings. The molecule has 0 aliphatic heterocycles. The number of nitrogens with one attached hydrogen (secondary N) is 2. The Bertz CT molecular complexity index is 1120. The molecule has 2 N–H and O–H groups in total. The molecule has 2 heterocycles. The van der Waals surface area contributed by atoms with Gasteiger partial charge in [-0.3, -0.25) is 10.1 Å². The second-order valence-corrected chi connectivity index (χ2v) is 5.15. The van der Waals surface area contributed by atoms with Crippen molar-refractivity contribution in [2.75, 3.05) is 12.4 Å². The zero-order valence-electron chi connectivity index (χ0n) is 12.8. The lowest BCUT2D eigenvalue weighted by atomic mass is 10.2. The Morgan fingerprint density at radius 1 is 1.00 bits per heavy atom. The molecule has 0 aliphatic rings. The van der Waals surface area contributed by atoms with Crippen molar-refractivity contribution in [1.29, 1.82) is 0 Å². The van der Waals surface area contributed by atoms with Crippen LogP contribution in [0.2, 0.25) is 0 Å². The predicted molar refractivity (Wildman–Crippen MR) is 84.6 cm³/mol. The van der Waals surface area contributed by atoms with E-state index in [2.05, 4.69) is 20.6 Å². The van der Waals surface area contributed by atoms with E-state index in [0.29, 0.717) is 11.1 Å². The summed E-state index contributed by atoms with van der Waals surface area (Å²) in [6.45, 7) is 0. The third-order valence-electron chi connectivity index (χ3n) is 3.51. The van der Waals surface area contributed by atoms with Crippen molar-refractivity contribution in [2.24, 2.45) is 0 Å². The van der Waals surface area contributed by atoms with Crippen molar-refractivity contribution >= 4 is 40.1 Å². The minimum absolute atomic E-state index is 0.00418. The molecule has 126 valence electrons. The minimum atomic E-state index is -0.730. The van der Waals surface area contributed by atoms with Crippen LogP contribution in [0.1, 0.15) is 10.4 Å². The molecule has 7 nitrogen and oxygen atoms in total. The van der Waals surface area contributed by atoms with Crippen LogP contribution in [0.3, 0.4) is 0 Å². The number of rotatable bonds is 3. The van der Waals surface area contributed by atoms with Crippen LogP contribution in [0.25, 0.3) is 22.2 Å². The van der Waals surface area contributed by atoms with Crippen LogP contribution >= 0.6 is 0 Å². The standard InChI is InChI=1S/C16H10F2N4O3/c1-19-14(23)8-5-11-13(6-9(8)18)25-16(21-11)22-15-20-10-4-7(17)2-3-12(10)24-15/h2-6H,1H3,(H,19,23)(H,20,21,22). The molecule has 0 radical (unpaired) electrons. The van der Waals surface area contributed by atoms with E-state index in [0.717, 1.165) is 6.07 Å². The number of anilines is 2. The fourth-order valence-corrected chi connectivity index (χ4v) is 2.36. The summed E-state index contributed by atoms with van der Waals surface area (Å²) < 4.78 is 37.9. The summed E-state index contributed by atoms with van der Waals surface area (Å²) in [5.41, 5.74) is 0.992. The summed E-state index contributed by atoms with van der Waals surface area (Å²) in [5.74, 6) is -1.74. The lowest BCUT2D eigenvalue weighted by molar-refractivity contribution is 0.0959. The Hall–Kier alpha value is -3.49. The highest BCUT2D eigenvalue weighted by atomic mass is 19.1. The lowest BCUT2D eigenvalue weighted by Gasteiger charge is -2.00. The molecule has 0 atom stereocenters. The van der Waals surface area contributed by atoms with Crippen LogP contribution in [0, 0.1) is 11.6 Å². The average molecular weight is 344 g/mol. The molecule has 25 heavy (non-hydrogen) atoms. The Morgan fingerprint density at radius 2 is 1.68 bits per heavy atom. The van der Waals surface area contributed by atoms with Crippen molar-refractivity contribution in [1.82, 2.24) is 15.3 Å². The van der Waals surface area contributed by atoms with Gasteiger partial charge in [-0.05, 0) is 18.2 Å². The van der Waals surface area contributed by atoms with Crippen molar-refractivity contribution in [2.45, 2.75) is 0 Å². The van der Waals surface area contributed by atoms with Gasteiger partial charge in [0, 0.05) is 19.2 Å². The van der Waals surface area contributed by atoms with Gasteiger partial charge < -0.3 is 14.2 Å². The first-order valence-corrected chi connectivity index (χ1v) is 7.19. The molecule has 4 aromatic rings. The Kier molecular flexibility index (Phi) is 3.34. The van der Waals surface area contributed by atoms with Crippen molar-refractivity contribution in [3.05, 3.63) is 47.5 Å². The normalized spacial score (nSPS) is 11.2. The molecule has 0 spiro atoms. The molecule has 2 aromatic heterocycles. The van der Waals surface area contributed by atoms with Crippen LogP contribution in [0.5, 0.6) is 0 Å². The minimum Gasteiger partial charge on any atom is -0.423 e. The monoisotopic (exact) mass is 344 g/mol. The van der Waals surface area contributed by atoms with Gasteiger partial charge in [-0.2, -0.15) is 9.97 Å². The summed E-state index contributed by atoms with van der Waals surface area (Å²) >= 11 is 0. The number of nitrogens with zero attached hydrogens (tertiary/aromatic N) is 2. The van der Waals surface area contributed by atoms with E-state index in [1.54, 1.807) is 0 Å². The predicted octanol–water partition coefficient (Wildman–Crippen LogP) is 3.35. The van der Waals surface area contributed by atoms with Gasteiger partial charge >= 0.3 is 12.0 Å². The number of hydrogen-bond acceptors (Lipinski definition) is 6. The summed E-state index contributed by atoms with van der Waals surface area (Å²) in [5, 5.41) is 5.03. The van der Waals surface area contributed by atoms with Gasteiger partial charge in [0.05, 0.1) is 5.56 Å². The van der Waals surface area contributed by atoms with E-state index in [9.17, 15) is 13.6 Å². The van der Waals surface area contributed by atoms with Crippen LogP contribution in [-0.2, 0) is 0 Å². The van der Waals surface area contributed by atoms with Gasteiger partial charge in [0.15, 0.2) is 11.2 Å². The van der Waals surface area contributed by atoms with Gasteiger partial charge in [0.1, 0.15) is 22.7 Å². The van der Waals surface area contributed by atoms with E-state index in [-0.39, 0.29) is 28.7 Å². The number of hydrogen-bond donors (Lipinski definition) is 2. The largest absolute Gasteiger partial charge is 0.423 e. The van der Waals surface area contributed by atoms with Gasteiger partial charge in [0.2, 0.25) is 0 Å². The number of fused-ring (bicyclic) bond motifs is 2. The van der Waals surface area contributed by atoms with Crippen molar-refractivity contribution in [3.8, 4) is 0 Å². The molecular formula is C16H10F2N4O3. The van der Waals surface area contributed by atoms with Gasteiger partial charge in [-0.25, -0.2) is 8.78 Å². The molecule has 0 saturated heterocycles. The van der Waals surface area contributed by atoms with E-state index in [1.807, 2.05) is 0 Å². The highest BCUT2D eigenvalue weighted by Gasteiger charge is 2.16. The summed E-state index contributed by atoms with van der Waals surface area (Å²) in [7, 11) is 1.40. The molecule has 1 amide bonds. The third kappa shape index (κ3) is 2.65. The van der Waals surface area contributed by atoms with E-state index in [1.165, 1.54) is 31.3 Å². The molecule has 4 rings (SSSR count). The lowest BCUT2D eigenvalue weighted by Crippen LogP contribution is -2.19. The first kappa shape index (κ1) is 15.1. The first-order chi connectivity index (χ1) is 12.0. The molecule has 0 unspecified atom stereocenters. The smallest absolute Gasteiger partial charge is 0.303 e. The molecule has 9 heteroatoms. The summed E-state index contributed by atoms with van der Waals surface area (Å²) in [6, 6.07) is 6.30. The van der Waals surface area contributed by atoms with Gasteiger partial charge in [0.25, 0.3) is 5.91 Å². The SMILES string of the molecule is CNC(=O)c1cc2nc(Nc3nc4cc(F)ccc4o3)oc2cc1F. The third-order valence-corrected chi connectivity index (χ3v) is 3.51. The van der Waals surface area contributed by atoms with Crippen LogP contribution < -0.4 is 10.6 Å². The second kappa shape index (κ2) is 5.55.